The van der Waals surface area contributed by atoms with E-state index in [9.17, 15) is 4.79 Å². The minimum atomic E-state index is 0.153. The SMILES string of the molecule is O=C(CSCc1ccc(Cl)cc1)c1cccc(Br)c1. The number of halogens is 2. The van der Waals surface area contributed by atoms with Gasteiger partial charge in [-0.2, -0.15) is 0 Å². The molecule has 0 bridgehead atoms. The first-order chi connectivity index (χ1) is 9.15. The van der Waals surface area contributed by atoms with E-state index >= 15 is 0 Å². The summed E-state index contributed by atoms with van der Waals surface area (Å²) in [7, 11) is 0. The highest BCUT2D eigenvalue weighted by Gasteiger charge is 2.06. The Kier molecular flexibility index (Phi) is 5.49. The molecular formula is C15H12BrClOS. The quantitative estimate of drug-likeness (QED) is 0.684. The molecule has 2 rings (SSSR count). The number of Topliss-reactive ketones (excluding diaryl/α,β-unsaturated/α-hetero) is 1. The molecule has 4 heteroatoms. The summed E-state index contributed by atoms with van der Waals surface area (Å²) in [4.78, 5) is 12.0. The Labute approximate surface area is 130 Å². The van der Waals surface area contributed by atoms with E-state index in [0.29, 0.717) is 5.75 Å². The molecule has 0 aliphatic heterocycles. The van der Waals surface area contributed by atoms with Gasteiger partial charge in [0.15, 0.2) is 5.78 Å². The van der Waals surface area contributed by atoms with Crippen molar-refractivity contribution in [2.45, 2.75) is 5.75 Å². The van der Waals surface area contributed by atoms with Gasteiger partial charge in [0.25, 0.3) is 0 Å². The van der Waals surface area contributed by atoms with Crippen molar-refractivity contribution in [3.8, 4) is 0 Å². The van der Waals surface area contributed by atoms with E-state index in [2.05, 4.69) is 15.9 Å². The third-order valence-electron chi connectivity index (χ3n) is 2.56. The third kappa shape index (κ3) is 4.68. The number of thioether (sulfide) groups is 1. The Morgan fingerprint density at radius 1 is 1.16 bits per heavy atom. The highest BCUT2D eigenvalue weighted by Crippen LogP contribution is 2.18. The molecule has 0 aromatic heterocycles. The summed E-state index contributed by atoms with van der Waals surface area (Å²) in [6.45, 7) is 0. The minimum absolute atomic E-state index is 0.153. The molecule has 0 fully saturated rings. The topological polar surface area (TPSA) is 17.1 Å². The summed E-state index contributed by atoms with van der Waals surface area (Å²) in [5, 5.41) is 0.735. The fourth-order valence-corrected chi connectivity index (χ4v) is 2.99. The predicted octanol–water partition coefficient (Wildman–Crippen LogP) is 5.22. The fraction of sp³-hybridized carbons (Fsp3) is 0.133. The summed E-state index contributed by atoms with van der Waals surface area (Å²) >= 11 is 10.8. The first-order valence-corrected chi connectivity index (χ1v) is 8.08. The molecule has 0 aliphatic carbocycles. The van der Waals surface area contributed by atoms with Crippen LogP contribution in [0.25, 0.3) is 0 Å². The second-order valence-corrected chi connectivity index (χ2v) is 6.39. The van der Waals surface area contributed by atoms with Crippen LogP contribution in [0.3, 0.4) is 0 Å². The van der Waals surface area contributed by atoms with Crippen LogP contribution in [0.2, 0.25) is 5.02 Å². The number of rotatable bonds is 5. The van der Waals surface area contributed by atoms with Crippen molar-refractivity contribution >= 4 is 45.1 Å². The first-order valence-electron chi connectivity index (χ1n) is 5.76. The summed E-state index contributed by atoms with van der Waals surface area (Å²) in [5.74, 6) is 1.45. The Balaban J connectivity index is 1.86. The Morgan fingerprint density at radius 3 is 2.58 bits per heavy atom. The number of carbonyl (C=O) groups excluding carboxylic acids is 1. The van der Waals surface area contributed by atoms with Crippen LogP contribution in [0.1, 0.15) is 15.9 Å². The highest BCUT2D eigenvalue weighted by molar-refractivity contribution is 9.10. The summed E-state index contributed by atoms with van der Waals surface area (Å²) in [6, 6.07) is 15.2. The monoisotopic (exact) mass is 354 g/mol. The third-order valence-corrected chi connectivity index (χ3v) is 4.31. The lowest BCUT2D eigenvalue weighted by molar-refractivity contribution is 0.102. The molecule has 0 unspecified atom stereocenters. The maximum absolute atomic E-state index is 12.0. The predicted molar refractivity (Wildman–Crippen MR) is 86.1 cm³/mol. The largest absolute Gasteiger partial charge is 0.293 e. The van der Waals surface area contributed by atoms with Crippen LogP contribution in [0.5, 0.6) is 0 Å². The molecule has 0 N–H and O–H groups in total. The van der Waals surface area contributed by atoms with Gasteiger partial charge in [0.05, 0.1) is 5.75 Å². The van der Waals surface area contributed by atoms with Crippen LogP contribution in [0.4, 0.5) is 0 Å². The molecule has 0 amide bonds. The molecule has 0 atom stereocenters. The smallest absolute Gasteiger partial charge is 0.172 e. The average molecular weight is 356 g/mol. The van der Waals surface area contributed by atoms with Crippen molar-refractivity contribution in [3.63, 3.8) is 0 Å². The van der Waals surface area contributed by atoms with Gasteiger partial charge < -0.3 is 0 Å². The molecule has 0 saturated carbocycles. The molecule has 2 aromatic carbocycles. The Bertz CT molecular complexity index is 569. The van der Waals surface area contributed by atoms with Crippen LogP contribution in [0.15, 0.2) is 53.0 Å². The van der Waals surface area contributed by atoms with Gasteiger partial charge in [-0.25, -0.2) is 0 Å². The molecule has 2 aromatic rings. The van der Waals surface area contributed by atoms with Crippen molar-refractivity contribution in [1.82, 2.24) is 0 Å². The molecule has 1 nitrogen and oxygen atoms in total. The van der Waals surface area contributed by atoms with Gasteiger partial charge in [0.1, 0.15) is 0 Å². The van der Waals surface area contributed by atoms with Gasteiger partial charge in [0.2, 0.25) is 0 Å². The number of hydrogen-bond donors (Lipinski definition) is 0. The maximum atomic E-state index is 12.0. The molecule has 0 heterocycles. The standard InChI is InChI=1S/C15H12BrClOS/c16-13-3-1-2-12(8-13)15(18)10-19-9-11-4-6-14(17)7-5-11/h1-8H,9-10H2. The van der Waals surface area contributed by atoms with Crippen LogP contribution < -0.4 is 0 Å². The van der Waals surface area contributed by atoms with Gasteiger partial charge in [-0.3, -0.25) is 4.79 Å². The number of hydrogen-bond acceptors (Lipinski definition) is 2. The van der Waals surface area contributed by atoms with Crippen LogP contribution in [-0.4, -0.2) is 11.5 Å². The Morgan fingerprint density at radius 2 is 1.89 bits per heavy atom. The lowest BCUT2D eigenvalue weighted by Crippen LogP contribution is -2.02. The second-order valence-electron chi connectivity index (χ2n) is 4.05. The van der Waals surface area contributed by atoms with Crippen molar-refractivity contribution < 1.29 is 4.79 Å². The normalized spacial score (nSPS) is 10.4. The van der Waals surface area contributed by atoms with E-state index in [0.717, 1.165) is 20.8 Å². The molecule has 0 spiro atoms. The van der Waals surface area contributed by atoms with Gasteiger partial charge in [-0.15, -0.1) is 11.8 Å². The van der Waals surface area contributed by atoms with Crippen LogP contribution in [-0.2, 0) is 5.75 Å². The maximum Gasteiger partial charge on any atom is 0.172 e. The lowest BCUT2D eigenvalue weighted by Gasteiger charge is -2.03. The van der Waals surface area contributed by atoms with Crippen molar-refractivity contribution in [2.24, 2.45) is 0 Å². The minimum Gasteiger partial charge on any atom is -0.293 e. The fourth-order valence-electron chi connectivity index (χ4n) is 1.59. The van der Waals surface area contributed by atoms with E-state index in [1.54, 1.807) is 11.8 Å². The molecule has 0 aliphatic rings. The summed E-state index contributed by atoms with van der Waals surface area (Å²) in [5.41, 5.74) is 1.93. The molecule has 98 valence electrons. The van der Waals surface area contributed by atoms with Crippen molar-refractivity contribution in [2.75, 3.05) is 5.75 Å². The number of benzene rings is 2. The molecule has 0 radical (unpaired) electrons. The van der Waals surface area contributed by atoms with E-state index in [1.165, 1.54) is 5.56 Å². The lowest BCUT2D eigenvalue weighted by atomic mass is 10.2. The second kappa shape index (κ2) is 7.13. The summed E-state index contributed by atoms with van der Waals surface area (Å²) < 4.78 is 0.932. The molecular weight excluding hydrogens is 344 g/mol. The van der Waals surface area contributed by atoms with Crippen LogP contribution >= 0.6 is 39.3 Å². The first kappa shape index (κ1) is 14.6. The zero-order valence-electron chi connectivity index (χ0n) is 10.1. The Hall–Kier alpha value is -0.770. The van der Waals surface area contributed by atoms with Gasteiger partial charge in [-0.05, 0) is 29.8 Å². The number of carbonyl (C=O) groups is 1. The van der Waals surface area contributed by atoms with Gasteiger partial charge in [0, 0.05) is 20.8 Å². The van der Waals surface area contributed by atoms with E-state index < -0.39 is 0 Å². The zero-order valence-corrected chi connectivity index (χ0v) is 13.3. The van der Waals surface area contributed by atoms with Gasteiger partial charge in [-0.1, -0.05) is 51.8 Å². The average Bonchev–Trinajstić information content (AvgIpc) is 2.41. The summed E-state index contributed by atoms with van der Waals surface area (Å²) in [6.07, 6.45) is 0. The molecule has 0 saturated heterocycles. The van der Waals surface area contributed by atoms with Gasteiger partial charge >= 0.3 is 0 Å². The number of ketones is 1. The van der Waals surface area contributed by atoms with E-state index in [-0.39, 0.29) is 5.78 Å². The molecule has 19 heavy (non-hydrogen) atoms. The van der Waals surface area contributed by atoms with Crippen molar-refractivity contribution in [1.29, 1.82) is 0 Å². The van der Waals surface area contributed by atoms with Crippen molar-refractivity contribution in [3.05, 3.63) is 69.2 Å². The highest BCUT2D eigenvalue weighted by atomic mass is 79.9. The van der Waals surface area contributed by atoms with Crippen LogP contribution in [0, 0.1) is 0 Å². The van der Waals surface area contributed by atoms with E-state index in [4.69, 9.17) is 11.6 Å². The zero-order chi connectivity index (χ0) is 13.7. The van der Waals surface area contributed by atoms with E-state index in [1.807, 2.05) is 48.5 Å².